The van der Waals surface area contributed by atoms with Gasteiger partial charge >= 0.3 is 12.1 Å². The van der Waals surface area contributed by atoms with Gasteiger partial charge < -0.3 is 15.2 Å². The smallest absolute Gasteiger partial charge is 0.393 e. The number of nitrogens with one attached hydrogen (secondary N) is 1. The number of alkyl halides is 3. The van der Waals surface area contributed by atoms with Crippen LogP contribution in [0.1, 0.15) is 0 Å². The molecule has 2 rings (SSSR count). The molecule has 10 heteroatoms. The quantitative estimate of drug-likeness (QED) is 0.820. The van der Waals surface area contributed by atoms with Crippen LogP contribution in [0.4, 0.5) is 18.9 Å². The van der Waals surface area contributed by atoms with Gasteiger partial charge in [0, 0.05) is 18.8 Å². The molecule has 1 fully saturated rings. The summed E-state index contributed by atoms with van der Waals surface area (Å²) in [6.07, 6.45) is -4.63. The van der Waals surface area contributed by atoms with E-state index in [2.05, 4.69) is 5.32 Å². The van der Waals surface area contributed by atoms with Crippen LogP contribution in [0.2, 0.25) is 5.02 Å². The molecule has 1 aromatic carbocycles. The van der Waals surface area contributed by atoms with Crippen molar-refractivity contribution in [3.05, 3.63) is 23.2 Å². The molecule has 6 nitrogen and oxygen atoms in total. The lowest BCUT2D eigenvalue weighted by Crippen LogP contribution is -2.34. The number of hydrogen-bond donors (Lipinski definition) is 2. The maximum absolute atomic E-state index is 12.9. The van der Waals surface area contributed by atoms with E-state index in [1.165, 1.54) is 30.2 Å². The number of carbonyl (C=O) groups excluding carboxylic acids is 1. The summed E-state index contributed by atoms with van der Waals surface area (Å²) in [7, 11) is 1.43. The summed E-state index contributed by atoms with van der Waals surface area (Å²) < 4.78 is 43.8. The largest absolute Gasteiger partial charge is 0.495 e. The van der Waals surface area contributed by atoms with Gasteiger partial charge in [-0.1, -0.05) is 11.6 Å². The van der Waals surface area contributed by atoms with Gasteiger partial charge in [-0.05, 0) is 18.2 Å². The summed E-state index contributed by atoms with van der Waals surface area (Å²) in [6, 6.07) is 4.51. The van der Waals surface area contributed by atoms with E-state index < -0.39 is 36.4 Å². The average molecular weight is 381 g/mol. The van der Waals surface area contributed by atoms with Crippen LogP contribution in [0.15, 0.2) is 18.2 Å². The summed E-state index contributed by atoms with van der Waals surface area (Å²) in [5.41, 5.74) is 0.358. The molecule has 1 amide bonds. The van der Waals surface area contributed by atoms with E-state index in [-0.39, 0.29) is 18.1 Å². The van der Waals surface area contributed by atoms with Gasteiger partial charge in [0.1, 0.15) is 5.75 Å². The third-order valence-electron chi connectivity index (χ3n) is 3.94. The number of hydrogen-bond acceptors (Lipinski definition) is 4. The van der Waals surface area contributed by atoms with Gasteiger partial charge in [-0.15, -0.1) is 0 Å². The number of carboxylic acids is 1. The van der Waals surface area contributed by atoms with Crippen molar-refractivity contribution in [1.29, 1.82) is 0 Å². The second-order valence-corrected chi connectivity index (χ2v) is 6.09. The fourth-order valence-corrected chi connectivity index (χ4v) is 3.00. The van der Waals surface area contributed by atoms with Crippen molar-refractivity contribution in [3.8, 4) is 5.75 Å². The number of rotatable bonds is 5. The molecule has 0 radical (unpaired) electrons. The number of carboxylic acid groups (broad SMARTS) is 1. The van der Waals surface area contributed by atoms with Gasteiger partial charge in [0.25, 0.3) is 0 Å². The van der Waals surface area contributed by atoms with Gasteiger partial charge in [0.05, 0.1) is 30.5 Å². The van der Waals surface area contributed by atoms with Crippen LogP contribution in [-0.2, 0) is 9.59 Å². The Morgan fingerprint density at radius 2 is 2.08 bits per heavy atom. The molecular formula is C15H16ClF3N2O4. The summed E-state index contributed by atoms with van der Waals surface area (Å²) in [5.74, 6) is -5.24. The minimum atomic E-state index is -4.63. The molecule has 1 aliphatic heterocycles. The Bertz CT molecular complexity index is 669. The fraction of sp³-hybridized carbons (Fsp3) is 0.467. The maximum atomic E-state index is 12.9. The van der Waals surface area contributed by atoms with Gasteiger partial charge in [0.2, 0.25) is 5.91 Å². The lowest BCUT2D eigenvalue weighted by Gasteiger charge is -2.18. The zero-order valence-corrected chi connectivity index (χ0v) is 13.9. The monoisotopic (exact) mass is 380 g/mol. The highest BCUT2D eigenvalue weighted by atomic mass is 35.5. The topological polar surface area (TPSA) is 78.9 Å². The molecule has 1 heterocycles. The van der Waals surface area contributed by atoms with E-state index in [9.17, 15) is 22.8 Å². The number of benzene rings is 1. The van der Waals surface area contributed by atoms with E-state index in [1.807, 2.05) is 0 Å². The molecule has 0 saturated carbocycles. The molecule has 1 saturated heterocycles. The zero-order valence-electron chi connectivity index (χ0n) is 13.1. The predicted molar refractivity (Wildman–Crippen MR) is 83.7 cm³/mol. The standard InChI is InChI=1S/C15H16ClF3N2O4/c1-25-12-3-2-8(4-11(12)16)20-13(22)7-21-5-9(14(23)24)10(6-21)15(17,18)19/h2-4,9-10H,5-7H2,1H3,(H,20,22)(H,23,24)/t9-,10-/m1/s1. The van der Waals surface area contributed by atoms with Gasteiger partial charge in [-0.2, -0.15) is 13.2 Å². The molecule has 1 aliphatic rings. The van der Waals surface area contributed by atoms with Gasteiger partial charge in [-0.3, -0.25) is 14.5 Å². The third-order valence-corrected chi connectivity index (χ3v) is 4.23. The van der Waals surface area contributed by atoms with Crippen LogP contribution in [0.3, 0.4) is 0 Å². The molecule has 138 valence electrons. The third kappa shape index (κ3) is 4.76. The minimum absolute atomic E-state index is 0.268. The first-order valence-corrected chi connectivity index (χ1v) is 7.65. The highest BCUT2D eigenvalue weighted by Gasteiger charge is 2.52. The summed E-state index contributed by atoms with van der Waals surface area (Å²) in [4.78, 5) is 24.2. The van der Waals surface area contributed by atoms with Gasteiger partial charge in [-0.25, -0.2) is 0 Å². The lowest BCUT2D eigenvalue weighted by molar-refractivity contribution is -0.188. The predicted octanol–water partition coefficient (Wildman–Crippen LogP) is 2.48. The maximum Gasteiger partial charge on any atom is 0.393 e. The number of nitrogens with zero attached hydrogens (tertiary/aromatic N) is 1. The highest BCUT2D eigenvalue weighted by Crippen LogP contribution is 2.37. The van der Waals surface area contributed by atoms with E-state index in [1.54, 1.807) is 0 Å². The first-order chi connectivity index (χ1) is 11.6. The van der Waals surface area contributed by atoms with Crippen LogP contribution >= 0.6 is 11.6 Å². The Morgan fingerprint density at radius 3 is 2.56 bits per heavy atom. The van der Waals surface area contributed by atoms with E-state index >= 15 is 0 Å². The summed E-state index contributed by atoms with van der Waals surface area (Å²) in [5, 5.41) is 11.7. The molecule has 1 aromatic rings. The van der Waals surface area contributed by atoms with Crippen LogP contribution in [0.25, 0.3) is 0 Å². The molecule has 0 unspecified atom stereocenters. The molecular weight excluding hydrogens is 365 g/mol. The van der Waals surface area contributed by atoms with E-state index in [0.29, 0.717) is 11.4 Å². The highest BCUT2D eigenvalue weighted by molar-refractivity contribution is 6.32. The van der Waals surface area contributed by atoms with Crippen molar-refractivity contribution in [3.63, 3.8) is 0 Å². The first-order valence-electron chi connectivity index (χ1n) is 7.27. The fourth-order valence-electron chi connectivity index (χ4n) is 2.74. The van der Waals surface area contributed by atoms with E-state index in [4.69, 9.17) is 21.4 Å². The molecule has 2 atom stereocenters. The molecule has 0 aliphatic carbocycles. The molecule has 0 spiro atoms. The van der Waals surface area contributed by atoms with Crippen molar-refractivity contribution in [2.24, 2.45) is 11.8 Å². The summed E-state index contributed by atoms with van der Waals surface area (Å²) >= 11 is 5.93. The van der Waals surface area contributed by atoms with Crippen LogP contribution in [-0.4, -0.2) is 54.8 Å². The summed E-state index contributed by atoms with van der Waals surface area (Å²) in [6.45, 7) is -1.21. The van der Waals surface area contributed by atoms with E-state index in [0.717, 1.165) is 0 Å². The number of methoxy groups -OCH3 is 1. The van der Waals surface area contributed by atoms with Crippen molar-refractivity contribution >= 4 is 29.2 Å². The number of carbonyl (C=O) groups is 2. The normalized spacial score (nSPS) is 21.2. The van der Waals surface area contributed by atoms with Crippen LogP contribution < -0.4 is 10.1 Å². The lowest BCUT2D eigenvalue weighted by atomic mass is 9.96. The number of aliphatic carboxylic acids is 1. The Hall–Kier alpha value is -2.00. The second-order valence-electron chi connectivity index (χ2n) is 5.68. The number of ether oxygens (including phenoxy) is 1. The number of anilines is 1. The Labute approximate surface area is 146 Å². The number of amides is 1. The Morgan fingerprint density at radius 1 is 1.40 bits per heavy atom. The second kappa shape index (κ2) is 7.49. The molecule has 0 bridgehead atoms. The van der Waals surface area contributed by atoms with Crippen LogP contribution in [0.5, 0.6) is 5.75 Å². The van der Waals surface area contributed by atoms with Gasteiger partial charge in [0.15, 0.2) is 0 Å². The number of halogens is 4. The van der Waals surface area contributed by atoms with Crippen molar-refractivity contribution in [2.45, 2.75) is 6.18 Å². The Kier molecular flexibility index (Phi) is 5.79. The van der Waals surface area contributed by atoms with Crippen molar-refractivity contribution < 1.29 is 32.6 Å². The SMILES string of the molecule is COc1ccc(NC(=O)CN2C[C@@H](C(F)(F)F)[C@H](C(=O)O)C2)cc1Cl. The van der Waals surface area contributed by atoms with Crippen molar-refractivity contribution in [1.82, 2.24) is 4.90 Å². The first kappa shape index (κ1) is 19.3. The van der Waals surface area contributed by atoms with Crippen LogP contribution in [0, 0.1) is 11.8 Å². The number of likely N-dealkylation sites (tertiary alicyclic amines) is 1. The molecule has 0 aromatic heterocycles. The molecule has 2 N–H and O–H groups in total. The average Bonchev–Trinajstić information content (AvgIpc) is 2.91. The minimum Gasteiger partial charge on any atom is -0.495 e. The van der Waals surface area contributed by atoms with Crippen molar-refractivity contribution in [2.75, 3.05) is 32.1 Å². The molecule has 25 heavy (non-hydrogen) atoms. The zero-order chi connectivity index (χ0) is 18.8. The Balaban J connectivity index is 1.99.